The van der Waals surface area contributed by atoms with E-state index < -0.39 is 6.04 Å². The number of nitrogens with zero attached hydrogens (tertiary/aromatic N) is 1. The predicted octanol–water partition coefficient (Wildman–Crippen LogP) is -0.508. The lowest BCUT2D eigenvalue weighted by atomic mass is 10.0. The monoisotopic (exact) mass is 281 g/mol. The van der Waals surface area contributed by atoms with Crippen LogP contribution >= 0.6 is 0 Å². The van der Waals surface area contributed by atoms with Gasteiger partial charge in [-0.15, -0.1) is 0 Å². The van der Waals surface area contributed by atoms with Gasteiger partial charge in [-0.2, -0.15) is 0 Å². The second kappa shape index (κ2) is 6.10. The molecule has 0 aromatic heterocycles. The molecule has 6 nitrogen and oxygen atoms in total. The van der Waals surface area contributed by atoms with Gasteiger partial charge in [0.15, 0.2) is 0 Å². The van der Waals surface area contributed by atoms with Gasteiger partial charge in [-0.25, -0.2) is 0 Å². The molecule has 0 aromatic carbocycles. The fourth-order valence-corrected chi connectivity index (χ4v) is 2.90. The molecule has 0 radical (unpaired) electrons. The zero-order valence-electron chi connectivity index (χ0n) is 11.8. The van der Waals surface area contributed by atoms with E-state index in [9.17, 15) is 9.59 Å². The van der Waals surface area contributed by atoms with Crippen LogP contribution in [0.15, 0.2) is 0 Å². The van der Waals surface area contributed by atoms with Gasteiger partial charge in [0.1, 0.15) is 6.04 Å². The van der Waals surface area contributed by atoms with Crippen LogP contribution in [0.2, 0.25) is 0 Å². The molecule has 112 valence electrons. The zero-order chi connectivity index (χ0) is 13.9. The van der Waals surface area contributed by atoms with Crippen molar-refractivity contribution in [2.75, 3.05) is 32.8 Å². The van der Waals surface area contributed by atoms with E-state index in [-0.39, 0.29) is 11.8 Å². The highest BCUT2D eigenvalue weighted by atomic mass is 16.5. The first kappa shape index (κ1) is 13.8. The number of carbonyl (C=O) groups is 2. The molecule has 2 N–H and O–H groups in total. The van der Waals surface area contributed by atoms with Crippen LogP contribution in [-0.2, 0) is 14.3 Å². The Balaban J connectivity index is 1.58. The van der Waals surface area contributed by atoms with Crippen LogP contribution in [0.3, 0.4) is 0 Å². The summed E-state index contributed by atoms with van der Waals surface area (Å²) in [6.07, 6.45) is 3.71. The predicted molar refractivity (Wildman–Crippen MR) is 73.1 cm³/mol. The third-order valence-electron chi connectivity index (χ3n) is 4.30. The van der Waals surface area contributed by atoms with E-state index in [4.69, 9.17) is 4.74 Å². The topological polar surface area (TPSA) is 70.7 Å². The first-order valence-electron chi connectivity index (χ1n) is 7.62. The number of ether oxygens (including phenoxy) is 1. The van der Waals surface area contributed by atoms with Gasteiger partial charge in [0.05, 0.1) is 13.2 Å². The number of carbonyl (C=O) groups excluding carboxylic acids is 2. The molecule has 0 bridgehead atoms. The lowest BCUT2D eigenvalue weighted by molar-refractivity contribution is -0.149. The van der Waals surface area contributed by atoms with Crippen molar-refractivity contribution in [2.45, 2.75) is 37.8 Å². The van der Waals surface area contributed by atoms with Crippen LogP contribution in [0.5, 0.6) is 0 Å². The van der Waals surface area contributed by atoms with Crippen LogP contribution < -0.4 is 10.6 Å². The fraction of sp³-hybridized carbons (Fsp3) is 0.857. The van der Waals surface area contributed by atoms with Gasteiger partial charge in [-0.3, -0.25) is 9.59 Å². The van der Waals surface area contributed by atoms with Gasteiger partial charge in [0.2, 0.25) is 11.8 Å². The highest BCUT2D eigenvalue weighted by Crippen LogP contribution is 2.21. The molecule has 20 heavy (non-hydrogen) atoms. The molecule has 2 aliphatic heterocycles. The molecule has 1 saturated carbocycles. The lowest BCUT2D eigenvalue weighted by Gasteiger charge is -2.35. The third-order valence-corrected chi connectivity index (χ3v) is 4.30. The molecule has 6 heteroatoms. The molecule has 2 heterocycles. The molecule has 2 amide bonds. The number of amides is 2. The molecule has 0 aromatic rings. The maximum atomic E-state index is 12.4. The highest BCUT2D eigenvalue weighted by molar-refractivity contribution is 5.88. The SMILES string of the molecule is O=C(NC1CC1)C1COCCN1C(=O)CC1CCNC1. The largest absolute Gasteiger partial charge is 0.377 e. The number of hydrogen-bond donors (Lipinski definition) is 2. The van der Waals surface area contributed by atoms with Gasteiger partial charge in [0.25, 0.3) is 0 Å². The summed E-state index contributed by atoms with van der Waals surface area (Å²) in [6.45, 7) is 3.29. The Morgan fingerprint density at radius 3 is 2.85 bits per heavy atom. The van der Waals surface area contributed by atoms with Gasteiger partial charge >= 0.3 is 0 Å². The van der Waals surface area contributed by atoms with Gasteiger partial charge < -0.3 is 20.3 Å². The van der Waals surface area contributed by atoms with Crippen LogP contribution in [0.25, 0.3) is 0 Å². The summed E-state index contributed by atoms with van der Waals surface area (Å²) in [5.41, 5.74) is 0. The van der Waals surface area contributed by atoms with E-state index in [0.717, 1.165) is 32.4 Å². The molecule has 0 spiro atoms. The molecule has 2 unspecified atom stereocenters. The van der Waals surface area contributed by atoms with E-state index in [0.29, 0.717) is 38.1 Å². The van der Waals surface area contributed by atoms with Crippen molar-refractivity contribution in [1.82, 2.24) is 15.5 Å². The van der Waals surface area contributed by atoms with E-state index in [2.05, 4.69) is 10.6 Å². The number of rotatable bonds is 4. The smallest absolute Gasteiger partial charge is 0.245 e. The van der Waals surface area contributed by atoms with Crippen molar-refractivity contribution in [2.24, 2.45) is 5.92 Å². The Morgan fingerprint density at radius 1 is 1.30 bits per heavy atom. The molecule has 2 saturated heterocycles. The van der Waals surface area contributed by atoms with Crippen molar-refractivity contribution in [3.8, 4) is 0 Å². The van der Waals surface area contributed by atoms with Crippen molar-refractivity contribution < 1.29 is 14.3 Å². The minimum absolute atomic E-state index is 0.0508. The lowest BCUT2D eigenvalue weighted by Crippen LogP contribution is -2.56. The third kappa shape index (κ3) is 3.30. The van der Waals surface area contributed by atoms with Gasteiger partial charge in [-0.1, -0.05) is 0 Å². The highest BCUT2D eigenvalue weighted by Gasteiger charge is 2.36. The van der Waals surface area contributed by atoms with E-state index in [1.54, 1.807) is 4.90 Å². The number of morpholine rings is 1. The molecule has 3 rings (SSSR count). The molecule has 3 fully saturated rings. The van der Waals surface area contributed by atoms with Gasteiger partial charge in [0, 0.05) is 19.0 Å². The maximum Gasteiger partial charge on any atom is 0.245 e. The Bertz CT molecular complexity index is 378. The van der Waals surface area contributed by atoms with Crippen molar-refractivity contribution >= 4 is 11.8 Å². The summed E-state index contributed by atoms with van der Waals surface area (Å²) in [4.78, 5) is 26.4. The first-order chi connectivity index (χ1) is 9.74. The van der Waals surface area contributed by atoms with E-state index >= 15 is 0 Å². The normalized spacial score (nSPS) is 30.3. The molecular weight excluding hydrogens is 258 g/mol. The summed E-state index contributed by atoms with van der Waals surface area (Å²) in [6, 6.07) is -0.119. The number of nitrogens with one attached hydrogen (secondary N) is 2. The minimum Gasteiger partial charge on any atom is -0.377 e. The average Bonchev–Trinajstić information content (AvgIpc) is 3.12. The van der Waals surface area contributed by atoms with Crippen LogP contribution in [0.1, 0.15) is 25.7 Å². The Morgan fingerprint density at radius 2 is 2.15 bits per heavy atom. The summed E-state index contributed by atoms with van der Waals surface area (Å²) >= 11 is 0. The summed E-state index contributed by atoms with van der Waals surface area (Å²) in [7, 11) is 0. The molecule has 1 aliphatic carbocycles. The van der Waals surface area contributed by atoms with E-state index in [1.165, 1.54) is 0 Å². The average molecular weight is 281 g/mol. The second-order valence-corrected chi connectivity index (χ2v) is 6.02. The zero-order valence-corrected chi connectivity index (χ0v) is 11.8. The van der Waals surface area contributed by atoms with Crippen molar-refractivity contribution in [3.05, 3.63) is 0 Å². The number of hydrogen-bond acceptors (Lipinski definition) is 4. The molecule has 3 aliphatic rings. The molecular formula is C14H23N3O3. The summed E-state index contributed by atoms with van der Waals surface area (Å²) in [5.74, 6) is 0.459. The molecule has 2 atom stereocenters. The quantitative estimate of drug-likeness (QED) is 0.728. The second-order valence-electron chi connectivity index (χ2n) is 6.02. The van der Waals surface area contributed by atoms with Crippen LogP contribution in [0.4, 0.5) is 0 Å². The van der Waals surface area contributed by atoms with Crippen LogP contribution in [-0.4, -0.2) is 61.6 Å². The Labute approximate surface area is 119 Å². The fourth-order valence-electron chi connectivity index (χ4n) is 2.90. The van der Waals surface area contributed by atoms with Crippen LogP contribution in [0, 0.1) is 5.92 Å². The van der Waals surface area contributed by atoms with Crippen molar-refractivity contribution in [3.63, 3.8) is 0 Å². The Hall–Kier alpha value is -1.14. The first-order valence-corrected chi connectivity index (χ1v) is 7.62. The van der Waals surface area contributed by atoms with Crippen molar-refractivity contribution in [1.29, 1.82) is 0 Å². The minimum atomic E-state index is -0.439. The van der Waals surface area contributed by atoms with E-state index in [1.807, 2.05) is 0 Å². The Kier molecular flexibility index (Phi) is 4.21. The maximum absolute atomic E-state index is 12.4. The van der Waals surface area contributed by atoms with Gasteiger partial charge in [-0.05, 0) is 38.3 Å². The standard InChI is InChI=1S/C14H23N3O3/c18-13(7-10-3-4-15-8-10)17-5-6-20-9-12(17)14(19)16-11-1-2-11/h10-12,15H,1-9H2,(H,16,19). The summed E-state index contributed by atoms with van der Waals surface area (Å²) in [5, 5.41) is 6.25. The summed E-state index contributed by atoms with van der Waals surface area (Å²) < 4.78 is 5.39.